The van der Waals surface area contributed by atoms with Crippen molar-refractivity contribution in [3.63, 3.8) is 0 Å². The van der Waals surface area contributed by atoms with Crippen molar-refractivity contribution in [1.82, 2.24) is 20.3 Å². The standard InChI is InChI=1S/C9H13N5O3/c1-16-8-12-7(13-9(14-8)17-2)11-5-3-6(15)10-4-5/h5H,3-4H2,1-2H3,(H,10,15)(H,11,12,13,14). The van der Waals surface area contributed by atoms with Crippen LogP contribution in [0.3, 0.4) is 0 Å². The van der Waals surface area contributed by atoms with E-state index in [1.54, 1.807) is 0 Å². The van der Waals surface area contributed by atoms with E-state index in [0.717, 1.165) is 0 Å². The number of anilines is 1. The molecule has 1 amide bonds. The average Bonchev–Trinajstić information content (AvgIpc) is 2.74. The first-order valence-electron chi connectivity index (χ1n) is 5.08. The molecule has 0 radical (unpaired) electrons. The Kier molecular flexibility index (Phi) is 3.22. The van der Waals surface area contributed by atoms with Crippen molar-refractivity contribution in [1.29, 1.82) is 0 Å². The van der Waals surface area contributed by atoms with Crippen LogP contribution in [0.25, 0.3) is 0 Å². The summed E-state index contributed by atoms with van der Waals surface area (Å²) in [5, 5.41) is 5.73. The average molecular weight is 239 g/mol. The Bertz CT molecular complexity index is 403. The first-order chi connectivity index (χ1) is 8.21. The molecule has 0 aromatic carbocycles. The van der Waals surface area contributed by atoms with Crippen LogP contribution in [0.1, 0.15) is 6.42 Å². The van der Waals surface area contributed by atoms with Crippen LogP contribution >= 0.6 is 0 Å². The van der Waals surface area contributed by atoms with Crippen LogP contribution in [0.4, 0.5) is 5.95 Å². The third kappa shape index (κ3) is 2.71. The molecule has 2 heterocycles. The fourth-order valence-electron chi connectivity index (χ4n) is 1.47. The van der Waals surface area contributed by atoms with Gasteiger partial charge >= 0.3 is 12.0 Å². The number of nitrogens with one attached hydrogen (secondary N) is 2. The highest BCUT2D eigenvalue weighted by molar-refractivity contribution is 5.79. The number of carbonyl (C=O) groups is 1. The Morgan fingerprint density at radius 2 is 1.88 bits per heavy atom. The summed E-state index contributed by atoms with van der Waals surface area (Å²) in [6.07, 6.45) is 0.399. The molecule has 1 aromatic heterocycles. The molecule has 0 bridgehead atoms. The molecule has 0 aliphatic carbocycles. The van der Waals surface area contributed by atoms with Gasteiger partial charge < -0.3 is 20.1 Å². The van der Waals surface area contributed by atoms with Crippen molar-refractivity contribution in [3.8, 4) is 12.0 Å². The zero-order chi connectivity index (χ0) is 12.3. The number of hydrogen-bond donors (Lipinski definition) is 2. The van der Waals surface area contributed by atoms with Gasteiger partial charge in [0.15, 0.2) is 0 Å². The summed E-state index contributed by atoms with van der Waals surface area (Å²) >= 11 is 0. The van der Waals surface area contributed by atoms with E-state index in [0.29, 0.717) is 18.9 Å². The molecular weight excluding hydrogens is 226 g/mol. The largest absolute Gasteiger partial charge is 0.467 e. The fourth-order valence-corrected chi connectivity index (χ4v) is 1.47. The molecule has 1 unspecified atom stereocenters. The van der Waals surface area contributed by atoms with Gasteiger partial charge in [-0.2, -0.15) is 9.97 Å². The van der Waals surface area contributed by atoms with E-state index in [4.69, 9.17) is 9.47 Å². The van der Waals surface area contributed by atoms with Crippen molar-refractivity contribution in [2.45, 2.75) is 12.5 Å². The van der Waals surface area contributed by atoms with Crippen molar-refractivity contribution in [2.75, 3.05) is 26.1 Å². The second kappa shape index (κ2) is 4.81. The van der Waals surface area contributed by atoms with E-state index in [9.17, 15) is 4.79 Å². The van der Waals surface area contributed by atoms with Gasteiger partial charge in [-0.25, -0.2) is 0 Å². The van der Waals surface area contributed by atoms with Gasteiger partial charge in [0, 0.05) is 13.0 Å². The molecule has 2 rings (SSSR count). The lowest BCUT2D eigenvalue weighted by Crippen LogP contribution is -2.23. The fraction of sp³-hybridized carbons (Fsp3) is 0.556. The Morgan fingerprint density at radius 3 is 2.35 bits per heavy atom. The molecule has 1 fully saturated rings. The van der Waals surface area contributed by atoms with Gasteiger partial charge in [-0.05, 0) is 0 Å². The number of amides is 1. The lowest BCUT2D eigenvalue weighted by Gasteiger charge is -2.11. The van der Waals surface area contributed by atoms with Crippen molar-refractivity contribution >= 4 is 11.9 Å². The molecule has 8 nitrogen and oxygen atoms in total. The zero-order valence-electron chi connectivity index (χ0n) is 9.56. The summed E-state index contributed by atoms with van der Waals surface area (Å²) in [4.78, 5) is 22.9. The van der Waals surface area contributed by atoms with Gasteiger partial charge in [-0.15, -0.1) is 4.98 Å². The summed E-state index contributed by atoms with van der Waals surface area (Å²) in [5.74, 6) is 0.339. The van der Waals surface area contributed by atoms with E-state index >= 15 is 0 Å². The molecule has 0 saturated carbocycles. The van der Waals surface area contributed by atoms with Crippen LogP contribution in [-0.4, -0.2) is 47.7 Å². The summed E-state index contributed by atoms with van der Waals surface area (Å²) < 4.78 is 9.84. The van der Waals surface area contributed by atoms with Gasteiger partial charge in [-0.1, -0.05) is 0 Å². The van der Waals surface area contributed by atoms with E-state index in [1.165, 1.54) is 14.2 Å². The summed E-state index contributed by atoms with van der Waals surface area (Å²) in [7, 11) is 2.92. The molecule has 1 saturated heterocycles. The number of rotatable bonds is 4. The van der Waals surface area contributed by atoms with Crippen LogP contribution in [0.5, 0.6) is 12.0 Å². The maximum atomic E-state index is 11.0. The first kappa shape index (κ1) is 11.4. The predicted molar refractivity (Wildman–Crippen MR) is 58.0 cm³/mol. The van der Waals surface area contributed by atoms with E-state index in [-0.39, 0.29) is 24.0 Å². The number of ether oxygens (including phenoxy) is 2. The second-order valence-corrected chi connectivity index (χ2v) is 3.48. The number of nitrogens with zero attached hydrogens (tertiary/aromatic N) is 3. The van der Waals surface area contributed by atoms with Gasteiger partial charge in [-0.3, -0.25) is 4.79 Å². The molecule has 8 heteroatoms. The summed E-state index contributed by atoms with van der Waals surface area (Å²) in [6, 6.07) is 0.299. The smallest absolute Gasteiger partial charge is 0.324 e. The number of hydrogen-bond acceptors (Lipinski definition) is 7. The number of aromatic nitrogens is 3. The third-order valence-electron chi connectivity index (χ3n) is 2.27. The highest BCUT2D eigenvalue weighted by Gasteiger charge is 2.22. The molecule has 92 valence electrons. The first-order valence-corrected chi connectivity index (χ1v) is 5.08. The second-order valence-electron chi connectivity index (χ2n) is 3.48. The molecule has 1 aliphatic rings. The van der Waals surface area contributed by atoms with E-state index < -0.39 is 0 Å². The monoisotopic (exact) mass is 239 g/mol. The zero-order valence-corrected chi connectivity index (χ0v) is 9.56. The van der Waals surface area contributed by atoms with E-state index in [2.05, 4.69) is 25.6 Å². The van der Waals surface area contributed by atoms with Crippen LogP contribution in [0.2, 0.25) is 0 Å². The maximum absolute atomic E-state index is 11.0. The Labute approximate surface area is 97.8 Å². The topological polar surface area (TPSA) is 98.3 Å². The molecule has 0 spiro atoms. The van der Waals surface area contributed by atoms with Crippen molar-refractivity contribution in [2.24, 2.45) is 0 Å². The molecule has 17 heavy (non-hydrogen) atoms. The minimum atomic E-state index is -0.0284. The molecule has 1 aromatic rings. The minimum absolute atomic E-state index is 0.00971. The van der Waals surface area contributed by atoms with Crippen LogP contribution in [0.15, 0.2) is 0 Å². The number of methoxy groups -OCH3 is 2. The lowest BCUT2D eigenvalue weighted by atomic mass is 10.3. The quantitative estimate of drug-likeness (QED) is 0.709. The van der Waals surface area contributed by atoms with Crippen molar-refractivity contribution < 1.29 is 14.3 Å². The normalized spacial score (nSPS) is 18.7. The highest BCUT2D eigenvalue weighted by Crippen LogP contribution is 2.14. The lowest BCUT2D eigenvalue weighted by molar-refractivity contribution is -0.119. The van der Waals surface area contributed by atoms with Gasteiger partial charge in [0.1, 0.15) is 0 Å². The number of carbonyl (C=O) groups excluding carboxylic acids is 1. The third-order valence-corrected chi connectivity index (χ3v) is 2.27. The summed E-state index contributed by atoms with van der Waals surface area (Å²) in [6.45, 7) is 0.551. The van der Waals surface area contributed by atoms with Gasteiger partial charge in [0.05, 0.1) is 20.3 Å². The Hall–Kier alpha value is -2.12. The molecule has 1 aliphatic heterocycles. The summed E-state index contributed by atoms with van der Waals surface area (Å²) in [5.41, 5.74) is 0. The van der Waals surface area contributed by atoms with Crippen LogP contribution in [-0.2, 0) is 4.79 Å². The van der Waals surface area contributed by atoms with Crippen molar-refractivity contribution in [3.05, 3.63) is 0 Å². The highest BCUT2D eigenvalue weighted by atomic mass is 16.5. The molecule has 1 atom stereocenters. The minimum Gasteiger partial charge on any atom is -0.467 e. The van der Waals surface area contributed by atoms with Gasteiger partial charge in [0.2, 0.25) is 11.9 Å². The molecular formula is C9H13N5O3. The van der Waals surface area contributed by atoms with Crippen LogP contribution < -0.4 is 20.1 Å². The predicted octanol–water partition coefficient (Wildman–Crippen LogP) is -0.811. The Morgan fingerprint density at radius 1 is 1.24 bits per heavy atom. The van der Waals surface area contributed by atoms with E-state index in [1.807, 2.05) is 0 Å². The Balaban J connectivity index is 2.11. The SMILES string of the molecule is COc1nc(NC2CNC(=O)C2)nc(OC)n1. The van der Waals surface area contributed by atoms with Gasteiger partial charge in [0.25, 0.3) is 0 Å². The maximum Gasteiger partial charge on any atom is 0.324 e. The molecule has 2 N–H and O–H groups in total. The van der Waals surface area contributed by atoms with Crippen LogP contribution in [0, 0.1) is 0 Å².